The van der Waals surface area contributed by atoms with Gasteiger partial charge in [-0.3, -0.25) is 0 Å². The van der Waals surface area contributed by atoms with Crippen LogP contribution >= 0.6 is 0 Å². The van der Waals surface area contributed by atoms with E-state index in [0.29, 0.717) is 0 Å². The van der Waals surface area contributed by atoms with Crippen molar-refractivity contribution in [3.05, 3.63) is 12.7 Å². The Balaban J connectivity index is 2.41. The molecule has 14 heavy (non-hydrogen) atoms. The average molecular weight is 199 g/mol. The minimum atomic E-state index is -0.920. The monoisotopic (exact) mass is 199 g/mol. The van der Waals surface area contributed by atoms with Crippen LogP contribution in [0.5, 0.6) is 0 Å². The molecule has 0 bridgehead atoms. The number of hydrogen-bond acceptors (Lipinski definition) is 3. The minimum absolute atomic E-state index is 0.269. The summed E-state index contributed by atoms with van der Waals surface area (Å²) in [6.45, 7) is 9.46. The van der Waals surface area contributed by atoms with Gasteiger partial charge in [-0.1, -0.05) is 6.08 Å². The smallest absolute Gasteiger partial charge is 0.410 e. The second kappa shape index (κ2) is 3.28. The van der Waals surface area contributed by atoms with E-state index in [4.69, 9.17) is 4.74 Å². The van der Waals surface area contributed by atoms with Crippen LogP contribution in [0.4, 0.5) is 4.79 Å². The lowest BCUT2D eigenvalue weighted by atomic mass is 9.95. The van der Waals surface area contributed by atoms with Gasteiger partial charge in [0.2, 0.25) is 0 Å². The molecular formula is C10H17NO3. The molecule has 0 saturated carbocycles. The zero-order chi connectivity index (χ0) is 11.0. The molecular weight excluding hydrogens is 182 g/mol. The van der Waals surface area contributed by atoms with Crippen molar-refractivity contribution in [2.45, 2.75) is 32.0 Å². The Labute approximate surface area is 84.2 Å². The molecule has 0 aromatic carbocycles. The fourth-order valence-corrected chi connectivity index (χ4v) is 1.20. The van der Waals surface area contributed by atoms with Crippen molar-refractivity contribution in [1.29, 1.82) is 0 Å². The van der Waals surface area contributed by atoms with E-state index in [0.717, 1.165) is 0 Å². The summed E-state index contributed by atoms with van der Waals surface area (Å²) in [5.41, 5.74) is -1.41. The van der Waals surface area contributed by atoms with Crippen LogP contribution in [0.15, 0.2) is 12.7 Å². The highest BCUT2D eigenvalue weighted by Crippen LogP contribution is 2.23. The van der Waals surface area contributed by atoms with Gasteiger partial charge in [-0.05, 0) is 20.8 Å². The zero-order valence-electron chi connectivity index (χ0n) is 8.91. The lowest BCUT2D eigenvalue weighted by molar-refractivity contribution is -0.0689. The van der Waals surface area contributed by atoms with Gasteiger partial charge >= 0.3 is 6.09 Å². The highest BCUT2D eigenvalue weighted by Gasteiger charge is 2.42. The molecule has 4 nitrogen and oxygen atoms in total. The predicted octanol–water partition coefficient (Wildman–Crippen LogP) is 1.15. The predicted molar refractivity (Wildman–Crippen MR) is 53.0 cm³/mol. The number of β-amino-alcohol motifs (C(OH)–C–C–N with tert-alkyl or cyclic N) is 1. The number of hydrogen-bond donors (Lipinski definition) is 1. The number of nitrogens with zero attached hydrogens (tertiary/aromatic N) is 1. The molecule has 1 saturated heterocycles. The van der Waals surface area contributed by atoms with Crippen molar-refractivity contribution < 1.29 is 14.6 Å². The van der Waals surface area contributed by atoms with Crippen molar-refractivity contribution in [3.63, 3.8) is 0 Å². The van der Waals surface area contributed by atoms with Crippen LogP contribution in [0.3, 0.4) is 0 Å². The SMILES string of the molecule is C=CC1(O)CN(C(=O)OC(C)(C)C)C1. The quantitative estimate of drug-likeness (QED) is 0.644. The van der Waals surface area contributed by atoms with Crippen LogP contribution in [-0.4, -0.2) is 40.4 Å². The lowest BCUT2D eigenvalue weighted by Crippen LogP contribution is -2.62. The highest BCUT2D eigenvalue weighted by molar-refractivity contribution is 5.69. The first-order valence-electron chi connectivity index (χ1n) is 4.60. The number of aliphatic hydroxyl groups is 1. The van der Waals surface area contributed by atoms with Gasteiger partial charge in [0.15, 0.2) is 0 Å². The van der Waals surface area contributed by atoms with Crippen LogP contribution in [-0.2, 0) is 4.74 Å². The van der Waals surface area contributed by atoms with Crippen LogP contribution in [0.2, 0.25) is 0 Å². The third kappa shape index (κ3) is 2.48. The Morgan fingerprint density at radius 1 is 1.57 bits per heavy atom. The average Bonchev–Trinajstić information content (AvgIpc) is 1.95. The first-order chi connectivity index (χ1) is 6.26. The van der Waals surface area contributed by atoms with Crippen molar-refractivity contribution in [2.75, 3.05) is 13.1 Å². The van der Waals surface area contributed by atoms with Crippen LogP contribution in [0.25, 0.3) is 0 Å². The number of ether oxygens (including phenoxy) is 1. The molecule has 1 heterocycles. The number of carbonyl (C=O) groups is 1. The summed E-state index contributed by atoms with van der Waals surface area (Å²) >= 11 is 0. The molecule has 4 heteroatoms. The van der Waals surface area contributed by atoms with Gasteiger partial charge in [0, 0.05) is 0 Å². The summed E-state index contributed by atoms with van der Waals surface area (Å²) in [7, 11) is 0. The largest absolute Gasteiger partial charge is 0.444 e. The van der Waals surface area contributed by atoms with Gasteiger partial charge in [0.25, 0.3) is 0 Å². The van der Waals surface area contributed by atoms with Gasteiger partial charge in [0.05, 0.1) is 13.1 Å². The maximum atomic E-state index is 11.4. The van der Waals surface area contributed by atoms with Gasteiger partial charge in [-0.25, -0.2) is 4.79 Å². The molecule has 0 spiro atoms. The van der Waals surface area contributed by atoms with Gasteiger partial charge in [0.1, 0.15) is 11.2 Å². The van der Waals surface area contributed by atoms with Crippen molar-refractivity contribution in [3.8, 4) is 0 Å². The summed E-state index contributed by atoms with van der Waals surface area (Å²) in [4.78, 5) is 12.9. The zero-order valence-corrected chi connectivity index (χ0v) is 8.91. The second-order valence-electron chi connectivity index (χ2n) is 4.64. The molecule has 1 aliphatic heterocycles. The Morgan fingerprint density at radius 2 is 2.07 bits per heavy atom. The summed E-state index contributed by atoms with van der Waals surface area (Å²) in [6.07, 6.45) is 1.07. The molecule has 0 unspecified atom stereocenters. The third-order valence-electron chi connectivity index (χ3n) is 1.96. The summed E-state index contributed by atoms with van der Waals surface area (Å²) in [6, 6.07) is 0. The number of amides is 1. The molecule has 0 aromatic rings. The van der Waals surface area contributed by atoms with Gasteiger partial charge in [-0.2, -0.15) is 0 Å². The Morgan fingerprint density at radius 3 is 2.43 bits per heavy atom. The van der Waals surface area contributed by atoms with E-state index in [1.165, 1.54) is 11.0 Å². The summed E-state index contributed by atoms with van der Waals surface area (Å²) in [5.74, 6) is 0. The molecule has 0 radical (unpaired) electrons. The maximum absolute atomic E-state index is 11.4. The van der Waals surface area contributed by atoms with Crippen molar-refractivity contribution in [2.24, 2.45) is 0 Å². The van der Waals surface area contributed by atoms with E-state index in [1.807, 2.05) is 20.8 Å². The Hall–Kier alpha value is -1.03. The first-order valence-corrected chi connectivity index (χ1v) is 4.60. The molecule has 1 amide bonds. The molecule has 1 rings (SSSR count). The van der Waals surface area contributed by atoms with E-state index in [1.54, 1.807) is 0 Å². The standard InChI is InChI=1S/C10H17NO3/c1-5-10(13)6-11(7-10)8(12)14-9(2,3)4/h5,13H,1,6-7H2,2-4H3. The summed E-state index contributed by atoms with van der Waals surface area (Å²) < 4.78 is 5.12. The molecule has 1 fully saturated rings. The van der Waals surface area contributed by atoms with Crippen LogP contribution in [0, 0.1) is 0 Å². The number of likely N-dealkylation sites (tertiary alicyclic amines) is 1. The summed E-state index contributed by atoms with van der Waals surface area (Å²) in [5, 5.41) is 9.57. The van der Waals surface area contributed by atoms with Crippen LogP contribution < -0.4 is 0 Å². The van der Waals surface area contributed by atoms with E-state index < -0.39 is 11.2 Å². The Kier molecular flexibility index (Phi) is 2.58. The normalized spacial score (nSPS) is 19.9. The molecule has 1 aliphatic rings. The third-order valence-corrected chi connectivity index (χ3v) is 1.96. The van der Waals surface area contributed by atoms with E-state index in [-0.39, 0.29) is 19.2 Å². The molecule has 80 valence electrons. The van der Waals surface area contributed by atoms with Crippen molar-refractivity contribution in [1.82, 2.24) is 4.90 Å². The van der Waals surface area contributed by atoms with Gasteiger partial charge in [-0.15, -0.1) is 6.58 Å². The van der Waals surface area contributed by atoms with E-state index in [2.05, 4.69) is 6.58 Å². The fraction of sp³-hybridized carbons (Fsp3) is 0.700. The highest BCUT2D eigenvalue weighted by atomic mass is 16.6. The topological polar surface area (TPSA) is 49.8 Å². The van der Waals surface area contributed by atoms with E-state index >= 15 is 0 Å². The Bertz CT molecular complexity index is 249. The number of carbonyl (C=O) groups excluding carboxylic acids is 1. The van der Waals surface area contributed by atoms with E-state index in [9.17, 15) is 9.90 Å². The first kappa shape index (κ1) is 11.0. The lowest BCUT2D eigenvalue weighted by Gasteiger charge is -2.44. The maximum Gasteiger partial charge on any atom is 0.410 e. The molecule has 0 aromatic heterocycles. The molecule has 0 aliphatic carbocycles. The fourth-order valence-electron chi connectivity index (χ4n) is 1.20. The van der Waals surface area contributed by atoms with Gasteiger partial charge < -0.3 is 14.7 Å². The van der Waals surface area contributed by atoms with Crippen molar-refractivity contribution >= 4 is 6.09 Å². The minimum Gasteiger partial charge on any atom is -0.444 e. The second-order valence-corrected chi connectivity index (χ2v) is 4.64. The van der Waals surface area contributed by atoms with Crippen LogP contribution in [0.1, 0.15) is 20.8 Å². The number of rotatable bonds is 1. The molecule has 0 atom stereocenters. The molecule has 1 N–H and O–H groups in total.